The summed E-state index contributed by atoms with van der Waals surface area (Å²) < 4.78 is 27.7. The summed E-state index contributed by atoms with van der Waals surface area (Å²) in [5.74, 6) is -1.57. The van der Waals surface area contributed by atoms with E-state index < -0.39 is 21.6 Å². The Morgan fingerprint density at radius 1 is 1.38 bits per heavy atom. The maximum absolute atomic E-state index is 11.3. The molecular weight excluding hydrogens is 230 g/mol. The van der Waals surface area contributed by atoms with E-state index in [0.717, 1.165) is 25.7 Å². The van der Waals surface area contributed by atoms with Crippen molar-refractivity contribution in [1.82, 2.24) is 0 Å². The first-order chi connectivity index (χ1) is 7.53. The van der Waals surface area contributed by atoms with Crippen LogP contribution in [0.15, 0.2) is 0 Å². The van der Waals surface area contributed by atoms with Crippen molar-refractivity contribution >= 4 is 15.8 Å². The Balaban J connectivity index is 2.35. The fourth-order valence-electron chi connectivity index (χ4n) is 1.68. The Labute approximate surface area is 95.3 Å². The van der Waals surface area contributed by atoms with Gasteiger partial charge in [-0.3, -0.25) is 4.79 Å². The highest BCUT2D eigenvalue weighted by molar-refractivity contribution is 7.92. The van der Waals surface area contributed by atoms with Gasteiger partial charge in [-0.05, 0) is 25.7 Å². The summed E-state index contributed by atoms with van der Waals surface area (Å²) in [6.45, 7) is 0. The van der Waals surface area contributed by atoms with Crippen molar-refractivity contribution in [1.29, 1.82) is 5.26 Å². The summed E-state index contributed by atoms with van der Waals surface area (Å²) in [7, 11) is -3.48. The number of rotatable bonds is 5. The van der Waals surface area contributed by atoms with Gasteiger partial charge in [0.2, 0.25) is 0 Å². The number of hydrogen-bond acceptors (Lipinski definition) is 5. The summed E-state index contributed by atoms with van der Waals surface area (Å²) in [6, 6.07) is 1.74. The molecule has 0 unspecified atom stereocenters. The lowest BCUT2D eigenvalue weighted by Gasteiger charge is -2.10. The molecule has 0 radical (unpaired) electrons. The zero-order valence-corrected chi connectivity index (χ0v) is 9.83. The first kappa shape index (κ1) is 13.0. The van der Waals surface area contributed by atoms with Gasteiger partial charge in [0.25, 0.3) is 0 Å². The molecule has 0 aliphatic heterocycles. The van der Waals surface area contributed by atoms with E-state index in [0.29, 0.717) is 0 Å². The highest BCUT2D eigenvalue weighted by Gasteiger charge is 2.23. The van der Waals surface area contributed by atoms with Crippen LogP contribution in [-0.2, 0) is 19.4 Å². The molecule has 0 N–H and O–H groups in total. The van der Waals surface area contributed by atoms with E-state index in [-0.39, 0.29) is 18.3 Å². The summed E-state index contributed by atoms with van der Waals surface area (Å²) in [5.41, 5.74) is 0. The monoisotopic (exact) mass is 245 g/mol. The van der Waals surface area contributed by atoms with E-state index >= 15 is 0 Å². The number of esters is 1. The summed E-state index contributed by atoms with van der Waals surface area (Å²) in [5, 5.41) is 8.26. The number of hydrogen-bond donors (Lipinski definition) is 0. The van der Waals surface area contributed by atoms with E-state index in [1.54, 1.807) is 6.07 Å². The molecule has 0 atom stereocenters. The number of sulfone groups is 1. The van der Waals surface area contributed by atoms with E-state index in [2.05, 4.69) is 0 Å². The number of carbonyl (C=O) groups is 1. The lowest BCUT2D eigenvalue weighted by atomic mass is 10.3. The molecule has 1 saturated carbocycles. The van der Waals surface area contributed by atoms with Crippen molar-refractivity contribution in [2.45, 2.75) is 38.2 Å². The SMILES string of the molecule is N#CCCS(=O)(=O)CC(=O)OC1CCCC1. The van der Waals surface area contributed by atoms with E-state index in [9.17, 15) is 13.2 Å². The predicted molar refractivity (Wildman–Crippen MR) is 57.2 cm³/mol. The average molecular weight is 245 g/mol. The first-order valence-electron chi connectivity index (χ1n) is 5.30. The average Bonchev–Trinajstić information content (AvgIpc) is 2.66. The molecule has 0 bridgehead atoms. The van der Waals surface area contributed by atoms with Gasteiger partial charge in [-0.25, -0.2) is 8.42 Å². The summed E-state index contributed by atoms with van der Waals surface area (Å²) in [6.07, 6.45) is 3.50. The standard InChI is InChI=1S/C10H15NO4S/c11-6-3-7-16(13,14)8-10(12)15-9-4-1-2-5-9/h9H,1-5,7-8H2. The topological polar surface area (TPSA) is 84.2 Å². The molecule has 0 aromatic rings. The molecule has 90 valence electrons. The lowest BCUT2D eigenvalue weighted by Crippen LogP contribution is -2.24. The quantitative estimate of drug-likeness (QED) is 0.669. The van der Waals surface area contributed by atoms with E-state index in [4.69, 9.17) is 10.00 Å². The van der Waals surface area contributed by atoms with Gasteiger partial charge in [-0.2, -0.15) is 5.26 Å². The molecule has 6 heteroatoms. The fourth-order valence-corrected chi connectivity index (χ4v) is 2.65. The van der Waals surface area contributed by atoms with Crippen LogP contribution in [-0.4, -0.2) is 32.0 Å². The smallest absolute Gasteiger partial charge is 0.321 e. The minimum Gasteiger partial charge on any atom is -0.462 e. The van der Waals surface area contributed by atoms with Crippen LogP contribution in [0.5, 0.6) is 0 Å². The van der Waals surface area contributed by atoms with Gasteiger partial charge in [0.1, 0.15) is 11.9 Å². The molecule has 0 spiro atoms. The highest BCUT2D eigenvalue weighted by Crippen LogP contribution is 2.21. The van der Waals surface area contributed by atoms with Crippen LogP contribution in [0.4, 0.5) is 0 Å². The molecule has 0 saturated heterocycles. The third-order valence-electron chi connectivity index (χ3n) is 2.46. The van der Waals surface area contributed by atoms with Crippen LogP contribution in [0, 0.1) is 11.3 Å². The third-order valence-corrected chi connectivity index (χ3v) is 3.96. The molecule has 1 aliphatic carbocycles. The van der Waals surface area contributed by atoms with Crippen molar-refractivity contribution in [3.05, 3.63) is 0 Å². The lowest BCUT2D eigenvalue weighted by molar-refractivity contribution is -0.145. The fraction of sp³-hybridized carbons (Fsp3) is 0.800. The summed E-state index contributed by atoms with van der Waals surface area (Å²) in [4.78, 5) is 11.3. The Kier molecular flexibility index (Phi) is 4.74. The molecule has 0 aromatic carbocycles. The van der Waals surface area contributed by atoms with Crippen molar-refractivity contribution in [2.75, 3.05) is 11.5 Å². The number of ether oxygens (including phenoxy) is 1. The van der Waals surface area contributed by atoms with Gasteiger partial charge >= 0.3 is 5.97 Å². The molecule has 1 fully saturated rings. The number of nitrogens with zero attached hydrogens (tertiary/aromatic N) is 1. The maximum atomic E-state index is 11.3. The van der Waals surface area contributed by atoms with Crippen LogP contribution in [0.1, 0.15) is 32.1 Å². The normalized spacial score (nSPS) is 16.9. The van der Waals surface area contributed by atoms with Crippen LogP contribution >= 0.6 is 0 Å². The van der Waals surface area contributed by atoms with Crippen LogP contribution < -0.4 is 0 Å². The van der Waals surface area contributed by atoms with Crippen molar-refractivity contribution < 1.29 is 17.9 Å². The Morgan fingerprint density at radius 2 is 2.00 bits per heavy atom. The minimum absolute atomic E-state index is 0.0843. The molecule has 5 nitrogen and oxygen atoms in total. The molecule has 0 amide bonds. The van der Waals surface area contributed by atoms with Gasteiger partial charge in [-0.1, -0.05) is 0 Å². The second-order valence-electron chi connectivity index (χ2n) is 3.90. The molecule has 1 aliphatic rings. The van der Waals surface area contributed by atoms with Crippen LogP contribution in [0.25, 0.3) is 0 Å². The Morgan fingerprint density at radius 3 is 2.56 bits per heavy atom. The van der Waals surface area contributed by atoms with E-state index in [1.165, 1.54) is 0 Å². The molecule has 1 rings (SSSR count). The number of nitriles is 1. The van der Waals surface area contributed by atoms with Crippen molar-refractivity contribution in [2.24, 2.45) is 0 Å². The molecule has 0 aromatic heterocycles. The Hall–Kier alpha value is -1.09. The summed E-state index contributed by atoms with van der Waals surface area (Å²) >= 11 is 0. The molecule has 0 heterocycles. The highest BCUT2D eigenvalue weighted by atomic mass is 32.2. The third kappa shape index (κ3) is 4.62. The molecular formula is C10H15NO4S. The van der Waals surface area contributed by atoms with Gasteiger partial charge in [0, 0.05) is 6.42 Å². The van der Waals surface area contributed by atoms with Crippen LogP contribution in [0.3, 0.4) is 0 Å². The zero-order chi connectivity index (χ0) is 12.0. The number of carbonyl (C=O) groups excluding carboxylic acids is 1. The van der Waals surface area contributed by atoms with E-state index in [1.807, 2.05) is 0 Å². The zero-order valence-electron chi connectivity index (χ0n) is 9.02. The maximum Gasteiger partial charge on any atom is 0.321 e. The van der Waals surface area contributed by atoms with Gasteiger partial charge in [-0.15, -0.1) is 0 Å². The molecule has 16 heavy (non-hydrogen) atoms. The van der Waals surface area contributed by atoms with Crippen LogP contribution in [0.2, 0.25) is 0 Å². The van der Waals surface area contributed by atoms with Gasteiger partial charge in [0.15, 0.2) is 9.84 Å². The second kappa shape index (κ2) is 5.85. The Bertz CT molecular complexity index is 376. The van der Waals surface area contributed by atoms with Gasteiger partial charge in [0.05, 0.1) is 11.8 Å². The predicted octanol–water partition coefficient (Wildman–Crippen LogP) is 0.801. The van der Waals surface area contributed by atoms with Crippen molar-refractivity contribution in [3.63, 3.8) is 0 Å². The van der Waals surface area contributed by atoms with Gasteiger partial charge < -0.3 is 4.74 Å². The largest absolute Gasteiger partial charge is 0.462 e. The van der Waals surface area contributed by atoms with Crippen molar-refractivity contribution in [3.8, 4) is 6.07 Å². The second-order valence-corrected chi connectivity index (χ2v) is 6.08. The first-order valence-corrected chi connectivity index (χ1v) is 7.12. The minimum atomic E-state index is -3.48.